The van der Waals surface area contributed by atoms with Crippen molar-refractivity contribution in [1.29, 1.82) is 0 Å². The van der Waals surface area contributed by atoms with E-state index in [1.165, 1.54) is 218 Å². The van der Waals surface area contributed by atoms with Crippen LogP contribution in [0, 0.1) is 11.8 Å². The monoisotopic (exact) mass is 1420 g/mol. The van der Waals surface area contributed by atoms with Crippen LogP contribution in [0.5, 0.6) is 0 Å². The number of esters is 4. The molecule has 0 amide bonds. The minimum atomic E-state index is -4.96. The molecule has 0 aromatic carbocycles. The standard InChI is InChI=1S/C78H152O17P2/c1-7-9-11-13-15-17-19-21-23-25-26-27-28-30-32-34-36-43-50-56-62-77(82)94-73(66-88-75(80)60-54-48-42-35-33-31-29-24-22-20-18-16-14-12-10-8-2)68-92-96(84,85)90-64-72(79)65-91-97(86,87)93-69-74(67-89-76(81)61-55-49-45-39-41-47-53-59-71(5)6)95-78(83)63-57-51-44-38-37-40-46-52-58-70(3)4/h70-74,79H,7-69H2,1-6H3,(H,84,85)(H,86,87)/t72-,73-,74-/m1/s1. The molecule has 0 rings (SSSR count). The fraction of sp³-hybridized carbons (Fsp3) is 0.949. The molecular formula is C78H152O17P2. The van der Waals surface area contributed by atoms with Gasteiger partial charge in [-0.3, -0.25) is 37.3 Å². The van der Waals surface area contributed by atoms with E-state index in [2.05, 4.69) is 41.5 Å². The molecule has 3 N–H and O–H groups in total. The number of rotatable bonds is 77. The van der Waals surface area contributed by atoms with Crippen LogP contribution in [0.3, 0.4) is 0 Å². The molecule has 0 bridgehead atoms. The molecule has 0 saturated carbocycles. The van der Waals surface area contributed by atoms with Gasteiger partial charge in [-0.05, 0) is 37.5 Å². The van der Waals surface area contributed by atoms with Gasteiger partial charge in [0.25, 0.3) is 0 Å². The Bertz CT molecular complexity index is 1870. The third-order valence-electron chi connectivity index (χ3n) is 18.2. The van der Waals surface area contributed by atoms with Crippen LogP contribution in [0.4, 0.5) is 0 Å². The lowest BCUT2D eigenvalue weighted by molar-refractivity contribution is -0.161. The number of ether oxygens (including phenoxy) is 4. The molecule has 97 heavy (non-hydrogen) atoms. The minimum absolute atomic E-state index is 0.104. The maximum Gasteiger partial charge on any atom is 0.472 e. The van der Waals surface area contributed by atoms with E-state index in [0.29, 0.717) is 31.6 Å². The Hall–Kier alpha value is -1.94. The minimum Gasteiger partial charge on any atom is -0.462 e. The summed E-state index contributed by atoms with van der Waals surface area (Å²) in [6.07, 6.45) is 58.5. The molecule has 0 radical (unpaired) electrons. The van der Waals surface area contributed by atoms with Crippen molar-refractivity contribution in [2.75, 3.05) is 39.6 Å². The second-order valence-corrected chi connectivity index (χ2v) is 32.0. The largest absolute Gasteiger partial charge is 0.472 e. The topological polar surface area (TPSA) is 237 Å². The summed E-state index contributed by atoms with van der Waals surface area (Å²) in [5.74, 6) is -0.693. The molecule has 576 valence electrons. The van der Waals surface area contributed by atoms with E-state index < -0.39 is 97.5 Å². The molecule has 17 nitrogen and oxygen atoms in total. The normalized spacial score (nSPS) is 14.0. The number of carbonyl (C=O) groups is 4. The fourth-order valence-corrected chi connectivity index (χ4v) is 13.6. The van der Waals surface area contributed by atoms with Crippen LogP contribution in [-0.2, 0) is 65.4 Å². The first-order valence-electron chi connectivity index (χ1n) is 40.5. The SMILES string of the molecule is CCCCCCCCCCCCCCCCCCCCCCC(=O)O[C@H](COC(=O)CCCCCCCCCCCCCCCCCC)COP(=O)(O)OC[C@@H](O)COP(=O)(O)OC[C@@H](COC(=O)CCCCCCCCCC(C)C)OC(=O)CCCCCCCCCCC(C)C. The fourth-order valence-electron chi connectivity index (χ4n) is 12.0. The van der Waals surface area contributed by atoms with Crippen LogP contribution in [0.25, 0.3) is 0 Å². The van der Waals surface area contributed by atoms with Crippen LogP contribution in [0.1, 0.15) is 408 Å². The lowest BCUT2D eigenvalue weighted by Crippen LogP contribution is -2.30. The van der Waals surface area contributed by atoms with Gasteiger partial charge in [0.15, 0.2) is 12.2 Å². The van der Waals surface area contributed by atoms with Crippen molar-refractivity contribution < 1.29 is 80.2 Å². The van der Waals surface area contributed by atoms with E-state index in [-0.39, 0.29) is 25.7 Å². The number of hydrogen-bond acceptors (Lipinski definition) is 15. The lowest BCUT2D eigenvalue weighted by atomic mass is 10.0. The summed E-state index contributed by atoms with van der Waals surface area (Å²) in [5, 5.41) is 10.6. The Morgan fingerprint density at radius 1 is 0.278 bits per heavy atom. The van der Waals surface area contributed by atoms with Crippen LogP contribution in [0.2, 0.25) is 0 Å². The summed E-state index contributed by atoms with van der Waals surface area (Å²) in [6.45, 7) is 9.51. The third kappa shape index (κ3) is 72.2. The highest BCUT2D eigenvalue weighted by molar-refractivity contribution is 7.47. The van der Waals surface area contributed by atoms with E-state index in [1.807, 2.05) is 0 Å². The molecule has 0 aromatic rings. The van der Waals surface area contributed by atoms with Gasteiger partial charge in [0.2, 0.25) is 0 Å². The molecule has 0 aliphatic carbocycles. The number of carbonyl (C=O) groups excluding carboxylic acids is 4. The van der Waals surface area contributed by atoms with Gasteiger partial charge in [0, 0.05) is 25.7 Å². The molecule has 0 fully saturated rings. The summed E-state index contributed by atoms with van der Waals surface area (Å²) < 4.78 is 68.6. The van der Waals surface area contributed by atoms with E-state index >= 15 is 0 Å². The number of aliphatic hydroxyl groups excluding tert-OH is 1. The first-order valence-corrected chi connectivity index (χ1v) is 43.5. The van der Waals surface area contributed by atoms with Crippen molar-refractivity contribution in [2.45, 2.75) is 426 Å². The highest BCUT2D eigenvalue weighted by Gasteiger charge is 2.30. The zero-order valence-electron chi connectivity index (χ0n) is 63.4. The molecule has 0 aliphatic rings. The number of phosphoric acid groups is 2. The molecular weight excluding hydrogens is 1270 g/mol. The van der Waals surface area contributed by atoms with Crippen molar-refractivity contribution in [3.8, 4) is 0 Å². The Morgan fingerprint density at radius 2 is 0.474 bits per heavy atom. The van der Waals surface area contributed by atoms with Crippen molar-refractivity contribution in [1.82, 2.24) is 0 Å². The summed E-state index contributed by atoms with van der Waals surface area (Å²) >= 11 is 0. The van der Waals surface area contributed by atoms with Gasteiger partial charge in [0.05, 0.1) is 26.4 Å². The molecule has 5 atom stereocenters. The zero-order valence-corrected chi connectivity index (χ0v) is 65.2. The van der Waals surface area contributed by atoms with Gasteiger partial charge in [-0.25, -0.2) is 9.13 Å². The summed E-state index contributed by atoms with van der Waals surface area (Å²) in [4.78, 5) is 72.8. The Morgan fingerprint density at radius 3 is 0.701 bits per heavy atom. The second-order valence-electron chi connectivity index (χ2n) is 29.1. The molecule has 0 heterocycles. The quantitative estimate of drug-likeness (QED) is 0.0222. The van der Waals surface area contributed by atoms with Crippen LogP contribution < -0.4 is 0 Å². The van der Waals surface area contributed by atoms with Gasteiger partial charge in [0.1, 0.15) is 19.3 Å². The highest BCUT2D eigenvalue weighted by Crippen LogP contribution is 2.45. The molecule has 19 heteroatoms. The van der Waals surface area contributed by atoms with Gasteiger partial charge in [-0.2, -0.15) is 0 Å². The number of hydrogen-bond donors (Lipinski definition) is 3. The summed E-state index contributed by atoms with van der Waals surface area (Å²) in [7, 11) is -9.91. The predicted molar refractivity (Wildman–Crippen MR) is 395 cm³/mol. The van der Waals surface area contributed by atoms with Crippen LogP contribution in [-0.4, -0.2) is 96.7 Å². The number of unbranched alkanes of at least 4 members (excludes halogenated alkanes) is 47. The number of phosphoric ester groups is 2. The zero-order chi connectivity index (χ0) is 71.4. The average Bonchev–Trinajstić information content (AvgIpc) is 1.07. The highest BCUT2D eigenvalue weighted by atomic mass is 31.2. The van der Waals surface area contributed by atoms with Gasteiger partial charge in [-0.1, -0.05) is 356 Å². The van der Waals surface area contributed by atoms with Gasteiger partial charge < -0.3 is 33.8 Å². The van der Waals surface area contributed by atoms with Crippen LogP contribution in [0.15, 0.2) is 0 Å². The van der Waals surface area contributed by atoms with Crippen molar-refractivity contribution in [2.24, 2.45) is 11.8 Å². The lowest BCUT2D eigenvalue weighted by Gasteiger charge is -2.21. The average molecular weight is 1420 g/mol. The van der Waals surface area contributed by atoms with E-state index in [9.17, 15) is 43.2 Å². The second kappa shape index (κ2) is 69.8. The van der Waals surface area contributed by atoms with E-state index in [4.69, 9.17) is 37.0 Å². The molecule has 0 saturated heterocycles. The Labute approximate surface area is 594 Å². The van der Waals surface area contributed by atoms with Crippen molar-refractivity contribution in [3.63, 3.8) is 0 Å². The van der Waals surface area contributed by atoms with Crippen molar-refractivity contribution >= 4 is 39.5 Å². The maximum absolute atomic E-state index is 13.1. The van der Waals surface area contributed by atoms with E-state index in [1.54, 1.807) is 0 Å². The van der Waals surface area contributed by atoms with Gasteiger partial charge >= 0.3 is 39.5 Å². The summed E-state index contributed by atoms with van der Waals surface area (Å²) in [5.41, 5.74) is 0. The number of aliphatic hydroxyl groups is 1. The first kappa shape index (κ1) is 95.1. The smallest absolute Gasteiger partial charge is 0.462 e. The van der Waals surface area contributed by atoms with E-state index in [0.717, 1.165) is 102 Å². The predicted octanol–water partition coefficient (Wildman–Crippen LogP) is 23.1. The molecule has 0 aliphatic heterocycles. The molecule has 0 aromatic heterocycles. The Balaban J connectivity index is 5.21. The van der Waals surface area contributed by atoms with Crippen molar-refractivity contribution in [3.05, 3.63) is 0 Å². The van der Waals surface area contributed by atoms with Crippen LogP contribution >= 0.6 is 15.6 Å². The Kier molecular flexibility index (Phi) is 68.4. The third-order valence-corrected chi connectivity index (χ3v) is 20.1. The molecule has 0 spiro atoms. The van der Waals surface area contributed by atoms with Gasteiger partial charge in [-0.15, -0.1) is 0 Å². The first-order chi connectivity index (χ1) is 46.9. The maximum atomic E-state index is 13.1. The molecule has 2 unspecified atom stereocenters. The summed E-state index contributed by atoms with van der Waals surface area (Å²) in [6, 6.07) is 0.